The van der Waals surface area contributed by atoms with Crippen molar-refractivity contribution in [3.8, 4) is 33.6 Å². The number of H-pyrrole nitrogens is 1. The van der Waals surface area contributed by atoms with E-state index in [9.17, 15) is 9.90 Å². The van der Waals surface area contributed by atoms with Crippen molar-refractivity contribution in [3.63, 3.8) is 0 Å². The highest BCUT2D eigenvalue weighted by Crippen LogP contribution is 2.50. The van der Waals surface area contributed by atoms with Crippen LogP contribution in [0.15, 0.2) is 65.7 Å². The van der Waals surface area contributed by atoms with Crippen LogP contribution >= 0.6 is 11.8 Å². The van der Waals surface area contributed by atoms with E-state index in [-0.39, 0.29) is 0 Å². The van der Waals surface area contributed by atoms with Crippen LogP contribution in [0.2, 0.25) is 0 Å². The van der Waals surface area contributed by atoms with Gasteiger partial charge >= 0.3 is 6.09 Å². The lowest BCUT2D eigenvalue weighted by Crippen LogP contribution is -2.60. The number of aromatic nitrogens is 3. The zero-order valence-corrected chi connectivity index (χ0v) is 23.7. The van der Waals surface area contributed by atoms with E-state index in [1.54, 1.807) is 16.7 Å². The van der Waals surface area contributed by atoms with Gasteiger partial charge in [0, 0.05) is 27.8 Å². The molecule has 200 valence electrons. The fraction of sp³-hybridized carbons (Fsp3) is 0.344. The molecular weight excluding hydrogens is 504 g/mol. The molecular formula is C32H34N4O2S. The monoisotopic (exact) mass is 538 g/mol. The Kier molecular flexibility index (Phi) is 6.29. The first-order valence-corrected chi connectivity index (χ1v) is 14.8. The first kappa shape index (κ1) is 25.7. The number of aromatic amines is 1. The lowest BCUT2D eigenvalue weighted by molar-refractivity contribution is -0.0328. The van der Waals surface area contributed by atoms with Gasteiger partial charge in [0.25, 0.3) is 0 Å². The number of fused-ring (bicyclic) bond motifs is 3. The molecule has 4 aromatic rings. The highest BCUT2D eigenvalue weighted by atomic mass is 32.2. The third-order valence-corrected chi connectivity index (χ3v) is 9.00. The summed E-state index contributed by atoms with van der Waals surface area (Å²) in [4.78, 5) is 19.3. The van der Waals surface area contributed by atoms with E-state index in [1.165, 1.54) is 5.56 Å². The minimum absolute atomic E-state index is 0.487. The zero-order chi connectivity index (χ0) is 27.4. The second-order valence-corrected chi connectivity index (χ2v) is 12.4. The Morgan fingerprint density at radius 2 is 1.69 bits per heavy atom. The highest BCUT2D eigenvalue weighted by molar-refractivity contribution is 7.98. The predicted molar refractivity (Wildman–Crippen MR) is 157 cm³/mol. The smallest absolute Gasteiger partial charge is 0.408 e. The van der Waals surface area contributed by atoms with Gasteiger partial charge in [-0.3, -0.25) is 15.0 Å². The Balaban J connectivity index is 1.46. The largest absolute Gasteiger partial charge is 0.465 e. The molecule has 2 aliphatic carbocycles. The number of carboxylic acid groups (broad SMARTS) is 1. The van der Waals surface area contributed by atoms with E-state index in [0.29, 0.717) is 0 Å². The van der Waals surface area contributed by atoms with Crippen molar-refractivity contribution in [3.05, 3.63) is 77.5 Å². The lowest BCUT2D eigenvalue weighted by atomic mass is 9.69. The number of carbonyl (C=O) groups is 1. The number of hydrogen-bond donors (Lipinski definition) is 2. The molecule has 0 unspecified atom stereocenters. The topological polar surface area (TPSA) is 82.1 Å². The van der Waals surface area contributed by atoms with E-state index in [0.717, 1.165) is 82.0 Å². The van der Waals surface area contributed by atoms with Crippen molar-refractivity contribution in [2.75, 3.05) is 6.26 Å². The Hall–Kier alpha value is -3.58. The Morgan fingerprint density at radius 3 is 2.28 bits per heavy atom. The Morgan fingerprint density at radius 1 is 0.974 bits per heavy atom. The summed E-state index contributed by atoms with van der Waals surface area (Å²) >= 11 is 1.70. The molecule has 0 atom stereocenters. The van der Waals surface area contributed by atoms with Gasteiger partial charge < -0.3 is 5.11 Å². The van der Waals surface area contributed by atoms with Crippen LogP contribution in [0.5, 0.6) is 0 Å². The van der Waals surface area contributed by atoms with Gasteiger partial charge in [0.2, 0.25) is 0 Å². The second-order valence-electron chi connectivity index (χ2n) is 11.6. The third-order valence-electron chi connectivity index (χ3n) is 8.25. The van der Waals surface area contributed by atoms with Gasteiger partial charge in [-0.25, -0.2) is 4.79 Å². The second kappa shape index (κ2) is 9.56. The first-order chi connectivity index (χ1) is 18.7. The van der Waals surface area contributed by atoms with Crippen molar-refractivity contribution in [1.82, 2.24) is 20.1 Å². The van der Waals surface area contributed by atoms with Gasteiger partial charge in [-0.05, 0) is 76.3 Å². The maximum absolute atomic E-state index is 12.4. The third kappa shape index (κ3) is 4.24. The molecule has 1 saturated carbocycles. The molecule has 1 fully saturated rings. The summed E-state index contributed by atoms with van der Waals surface area (Å²) in [6.07, 6.45) is 5.71. The van der Waals surface area contributed by atoms with E-state index in [1.807, 2.05) is 26.8 Å². The summed E-state index contributed by atoms with van der Waals surface area (Å²) in [5, 5.41) is 19.2. The average Bonchev–Trinajstić information content (AvgIpc) is 3.33. The normalized spacial score (nSPS) is 15.7. The summed E-state index contributed by atoms with van der Waals surface area (Å²) in [7, 11) is 0. The maximum Gasteiger partial charge on any atom is 0.408 e. The van der Waals surface area contributed by atoms with Gasteiger partial charge in [-0.1, -0.05) is 54.6 Å². The summed E-state index contributed by atoms with van der Waals surface area (Å²) < 4.78 is 0. The number of nitrogens with one attached hydrogen (secondary N) is 1. The van der Waals surface area contributed by atoms with Crippen molar-refractivity contribution in [1.29, 1.82) is 0 Å². The van der Waals surface area contributed by atoms with Crippen LogP contribution in [0.3, 0.4) is 0 Å². The molecule has 7 heteroatoms. The van der Waals surface area contributed by atoms with Crippen molar-refractivity contribution < 1.29 is 9.90 Å². The molecule has 0 bridgehead atoms. The molecule has 2 heterocycles. The molecule has 2 aromatic carbocycles. The number of pyridine rings is 1. The molecule has 0 aliphatic heterocycles. The average molecular weight is 539 g/mol. The van der Waals surface area contributed by atoms with Gasteiger partial charge in [0.05, 0.1) is 27.6 Å². The van der Waals surface area contributed by atoms with Crippen LogP contribution in [0, 0.1) is 0 Å². The molecule has 0 radical (unpaired) electrons. The Labute approximate surface area is 233 Å². The van der Waals surface area contributed by atoms with E-state index in [2.05, 4.69) is 71.1 Å². The molecule has 2 N–H and O–H groups in total. The molecule has 6 rings (SSSR count). The minimum Gasteiger partial charge on any atom is -0.465 e. The number of amides is 1. The van der Waals surface area contributed by atoms with Crippen molar-refractivity contribution in [2.24, 2.45) is 0 Å². The van der Waals surface area contributed by atoms with Crippen molar-refractivity contribution in [2.45, 2.75) is 69.0 Å². The number of aryl methyl sites for hydroxylation is 1. The quantitative estimate of drug-likeness (QED) is 0.254. The summed E-state index contributed by atoms with van der Waals surface area (Å²) in [6, 6.07) is 21.1. The molecule has 0 saturated heterocycles. The first-order valence-electron chi connectivity index (χ1n) is 13.6. The van der Waals surface area contributed by atoms with Gasteiger partial charge in [0.15, 0.2) is 0 Å². The van der Waals surface area contributed by atoms with Crippen molar-refractivity contribution >= 4 is 17.9 Å². The van der Waals surface area contributed by atoms with E-state index >= 15 is 0 Å². The molecule has 39 heavy (non-hydrogen) atoms. The van der Waals surface area contributed by atoms with Crippen LogP contribution in [0.25, 0.3) is 33.6 Å². The van der Waals surface area contributed by atoms with Crippen LogP contribution in [0.1, 0.15) is 56.9 Å². The number of benzene rings is 2. The van der Waals surface area contributed by atoms with Gasteiger partial charge in [0.1, 0.15) is 0 Å². The summed E-state index contributed by atoms with van der Waals surface area (Å²) in [6.45, 7) is 5.93. The van der Waals surface area contributed by atoms with Gasteiger partial charge in [-0.15, -0.1) is 11.8 Å². The maximum atomic E-state index is 12.4. The number of hydrogen-bond acceptors (Lipinski definition) is 4. The lowest BCUT2D eigenvalue weighted by Gasteiger charge is -2.54. The van der Waals surface area contributed by atoms with Gasteiger partial charge in [-0.2, -0.15) is 5.10 Å². The molecule has 0 spiro atoms. The highest BCUT2D eigenvalue weighted by Gasteiger charge is 2.50. The summed E-state index contributed by atoms with van der Waals surface area (Å²) in [5.74, 6) is 0. The number of thioether (sulfide) groups is 1. The van der Waals surface area contributed by atoms with Crippen LogP contribution in [-0.2, 0) is 18.4 Å². The number of rotatable bonds is 5. The minimum atomic E-state index is -0.864. The van der Waals surface area contributed by atoms with Crippen LogP contribution in [0.4, 0.5) is 4.79 Å². The Bertz CT molecular complexity index is 1530. The molecule has 2 aliphatic rings. The standard InChI is InChI=1S/C32H34N4O2S/c1-31(2,3)36(30(37)38)32(17-8-18-32)22-13-11-21(12-14-22)27-24(20-9-6-5-7-10-20)19-25-26(33-27)16-15-23-28(25)34-35-29(23)39-4/h5-7,9-14,19H,8,15-18H2,1-4H3,(H,34,35)(H,37,38). The van der Waals surface area contributed by atoms with Crippen LogP contribution in [-0.4, -0.2) is 43.1 Å². The molecule has 1 amide bonds. The van der Waals surface area contributed by atoms with E-state index < -0.39 is 17.2 Å². The fourth-order valence-corrected chi connectivity index (χ4v) is 7.01. The van der Waals surface area contributed by atoms with E-state index in [4.69, 9.17) is 4.98 Å². The molecule has 2 aromatic heterocycles. The SMILES string of the molecule is CSc1[nH]nc2c1CCc1nc(-c3ccc(C4(N(C(=O)O)C(C)(C)C)CCC4)cc3)c(-c3ccccc3)cc1-2. The van der Waals surface area contributed by atoms with Crippen LogP contribution < -0.4 is 0 Å². The number of nitrogens with zero attached hydrogens (tertiary/aromatic N) is 3. The zero-order valence-electron chi connectivity index (χ0n) is 22.9. The summed E-state index contributed by atoms with van der Waals surface area (Å²) in [5.41, 5.74) is 8.70. The fourth-order valence-electron chi connectivity index (χ4n) is 6.42. The molecule has 6 nitrogen and oxygen atoms in total. The predicted octanol–water partition coefficient (Wildman–Crippen LogP) is 7.78.